The molecule has 0 saturated carbocycles. The van der Waals surface area contributed by atoms with Crippen LogP contribution in [0, 0.1) is 0 Å². The zero-order chi connectivity index (χ0) is 17.2. The summed E-state index contributed by atoms with van der Waals surface area (Å²) >= 11 is 0. The van der Waals surface area contributed by atoms with Crippen LogP contribution in [0.25, 0.3) is 10.8 Å². The molecule has 0 spiro atoms. The van der Waals surface area contributed by atoms with Gasteiger partial charge < -0.3 is 10.1 Å². The quantitative estimate of drug-likeness (QED) is 0.772. The van der Waals surface area contributed by atoms with Crippen molar-refractivity contribution in [3.63, 3.8) is 0 Å². The average molecular weight is 331 g/mol. The minimum Gasteiger partial charge on any atom is -0.480 e. The average Bonchev–Trinajstić information content (AvgIpc) is 2.67. The van der Waals surface area contributed by atoms with Crippen LogP contribution in [0.4, 0.5) is 0 Å². The van der Waals surface area contributed by atoms with Crippen molar-refractivity contribution >= 4 is 16.7 Å². The number of aryl methyl sites for hydroxylation is 1. The molecule has 1 N–H and O–H groups in total. The van der Waals surface area contributed by atoms with Gasteiger partial charge in [-0.1, -0.05) is 60.7 Å². The van der Waals surface area contributed by atoms with Gasteiger partial charge in [0.15, 0.2) is 6.10 Å². The predicted molar refractivity (Wildman–Crippen MR) is 99.7 cm³/mol. The molecule has 1 heterocycles. The number of para-hydroxylation sites is 1. The SMILES string of the molecule is CC(NC(=O)C1CCc2ccccc2O1)c1cccc2ccccc12. The first-order chi connectivity index (χ1) is 12.2. The molecule has 3 nitrogen and oxygen atoms in total. The Bertz CT molecular complexity index is 913. The Labute approximate surface area is 147 Å². The number of hydrogen-bond donors (Lipinski definition) is 1. The van der Waals surface area contributed by atoms with Gasteiger partial charge in [-0.15, -0.1) is 0 Å². The van der Waals surface area contributed by atoms with Crippen LogP contribution in [-0.4, -0.2) is 12.0 Å². The minimum atomic E-state index is -0.424. The van der Waals surface area contributed by atoms with Crippen molar-refractivity contribution in [3.05, 3.63) is 77.9 Å². The number of carbonyl (C=O) groups excluding carboxylic acids is 1. The van der Waals surface area contributed by atoms with Gasteiger partial charge in [0.05, 0.1) is 6.04 Å². The summed E-state index contributed by atoms with van der Waals surface area (Å²) in [4.78, 5) is 12.7. The number of ether oxygens (including phenoxy) is 1. The highest BCUT2D eigenvalue weighted by molar-refractivity contribution is 5.87. The zero-order valence-corrected chi connectivity index (χ0v) is 14.2. The number of carbonyl (C=O) groups is 1. The lowest BCUT2D eigenvalue weighted by molar-refractivity contribution is -0.129. The van der Waals surface area contributed by atoms with E-state index >= 15 is 0 Å². The first-order valence-electron chi connectivity index (χ1n) is 8.75. The van der Waals surface area contributed by atoms with E-state index in [1.54, 1.807) is 0 Å². The van der Waals surface area contributed by atoms with Crippen molar-refractivity contribution in [1.29, 1.82) is 0 Å². The summed E-state index contributed by atoms with van der Waals surface area (Å²) in [6.45, 7) is 2.02. The van der Waals surface area contributed by atoms with E-state index in [1.807, 2.05) is 43.3 Å². The fourth-order valence-corrected chi connectivity index (χ4v) is 3.52. The monoisotopic (exact) mass is 331 g/mol. The largest absolute Gasteiger partial charge is 0.480 e. The van der Waals surface area contributed by atoms with E-state index in [9.17, 15) is 4.79 Å². The van der Waals surface area contributed by atoms with Gasteiger partial charge in [-0.3, -0.25) is 4.79 Å². The van der Waals surface area contributed by atoms with Crippen molar-refractivity contribution in [2.45, 2.75) is 31.9 Å². The molecule has 3 aromatic carbocycles. The molecule has 0 radical (unpaired) electrons. The van der Waals surface area contributed by atoms with Crippen LogP contribution in [0.3, 0.4) is 0 Å². The van der Waals surface area contributed by atoms with Gasteiger partial charge >= 0.3 is 0 Å². The van der Waals surface area contributed by atoms with E-state index in [1.165, 1.54) is 16.3 Å². The van der Waals surface area contributed by atoms with Crippen LogP contribution in [-0.2, 0) is 11.2 Å². The fraction of sp³-hybridized carbons (Fsp3) is 0.227. The fourth-order valence-electron chi connectivity index (χ4n) is 3.52. The first kappa shape index (κ1) is 15.7. The normalized spacial score (nSPS) is 17.4. The smallest absolute Gasteiger partial charge is 0.261 e. The molecule has 0 fully saturated rings. The Morgan fingerprint density at radius 2 is 1.80 bits per heavy atom. The lowest BCUT2D eigenvalue weighted by Crippen LogP contribution is -2.41. The van der Waals surface area contributed by atoms with Crippen molar-refractivity contribution in [2.75, 3.05) is 0 Å². The predicted octanol–water partition coefficient (Wildman–Crippen LogP) is 4.41. The Kier molecular flexibility index (Phi) is 4.14. The Morgan fingerprint density at radius 1 is 1.04 bits per heavy atom. The highest BCUT2D eigenvalue weighted by atomic mass is 16.5. The summed E-state index contributed by atoms with van der Waals surface area (Å²) in [6.07, 6.45) is 1.16. The van der Waals surface area contributed by atoms with E-state index < -0.39 is 6.10 Å². The molecular weight excluding hydrogens is 310 g/mol. The highest BCUT2D eigenvalue weighted by Gasteiger charge is 2.27. The Hall–Kier alpha value is -2.81. The van der Waals surface area contributed by atoms with E-state index in [4.69, 9.17) is 4.74 Å². The van der Waals surface area contributed by atoms with Gasteiger partial charge in [0, 0.05) is 0 Å². The molecule has 0 aromatic heterocycles. The van der Waals surface area contributed by atoms with E-state index in [0.717, 1.165) is 17.7 Å². The lowest BCUT2D eigenvalue weighted by atomic mass is 9.98. The third-order valence-corrected chi connectivity index (χ3v) is 4.86. The van der Waals surface area contributed by atoms with Gasteiger partial charge in [0.1, 0.15) is 5.75 Å². The van der Waals surface area contributed by atoms with Gasteiger partial charge in [0.25, 0.3) is 5.91 Å². The van der Waals surface area contributed by atoms with Crippen LogP contribution < -0.4 is 10.1 Å². The summed E-state index contributed by atoms with van der Waals surface area (Å²) in [6, 6.07) is 22.3. The van der Waals surface area contributed by atoms with Crippen molar-refractivity contribution < 1.29 is 9.53 Å². The van der Waals surface area contributed by atoms with Crippen LogP contribution in [0.1, 0.15) is 30.5 Å². The maximum absolute atomic E-state index is 12.7. The number of fused-ring (bicyclic) bond motifs is 2. The maximum atomic E-state index is 12.7. The molecule has 0 saturated heterocycles. The topological polar surface area (TPSA) is 38.3 Å². The van der Waals surface area contributed by atoms with Crippen LogP contribution in [0.15, 0.2) is 66.7 Å². The zero-order valence-electron chi connectivity index (χ0n) is 14.2. The molecule has 4 rings (SSSR count). The molecule has 2 atom stereocenters. The molecule has 25 heavy (non-hydrogen) atoms. The molecule has 1 amide bonds. The second-order valence-corrected chi connectivity index (χ2v) is 6.55. The second kappa shape index (κ2) is 6.60. The Morgan fingerprint density at radius 3 is 2.72 bits per heavy atom. The van der Waals surface area contributed by atoms with Crippen LogP contribution >= 0.6 is 0 Å². The van der Waals surface area contributed by atoms with Gasteiger partial charge in [-0.25, -0.2) is 0 Å². The molecule has 0 bridgehead atoms. The van der Waals surface area contributed by atoms with Gasteiger partial charge in [0.2, 0.25) is 0 Å². The number of rotatable bonds is 3. The third-order valence-electron chi connectivity index (χ3n) is 4.86. The van der Waals surface area contributed by atoms with Gasteiger partial charge in [-0.2, -0.15) is 0 Å². The molecule has 126 valence electrons. The number of amides is 1. The van der Waals surface area contributed by atoms with E-state index in [2.05, 4.69) is 35.6 Å². The molecule has 3 aromatic rings. The summed E-state index contributed by atoms with van der Waals surface area (Å²) in [5.74, 6) is 0.779. The Balaban J connectivity index is 1.51. The second-order valence-electron chi connectivity index (χ2n) is 6.55. The van der Waals surface area contributed by atoms with E-state index in [0.29, 0.717) is 6.42 Å². The van der Waals surface area contributed by atoms with Crippen molar-refractivity contribution in [1.82, 2.24) is 5.32 Å². The van der Waals surface area contributed by atoms with Gasteiger partial charge in [-0.05, 0) is 47.7 Å². The first-order valence-corrected chi connectivity index (χ1v) is 8.75. The number of benzene rings is 3. The number of hydrogen-bond acceptors (Lipinski definition) is 2. The highest BCUT2D eigenvalue weighted by Crippen LogP contribution is 2.28. The molecule has 3 heteroatoms. The third kappa shape index (κ3) is 3.10. The summed E-state index contributed by atoms with van der Waals surface area (Å²) in [5, 5.41) is 5.48. The molecule has 0 aliphatic carbocycles. The summed E-state index contributed by atoms with van der Waals surface area (Å²) in [5.41, 5.74) is 2.30. The van der Waals surface area contributed by atoms with Crippen molar-refractivity contribution in [2.24, 2.45) is 0 Å². The van der Waals surface area contributed by atoms with Crippen LogP contribution in [0.5, 0.6) is 5.75 Å². The number of nitrogens with one attached hydrogen (secondary N) is 1. The standard InChI is InChI=1S/C22H21NO2/c1-15(18-11-6-9-16-7-2-4-10-19(16)18)23-22(24)21-14-13-17-8-3-5-12-20(17)25-21/h2-12,15,21H,13-14H2,1H3,(H,23,24). The molecule has 2 unspecified atom stereocenters. The molecule has 1 aliphatic rings. The maximum Gasteiger partial charge on any atom is 0.261 e. The van der Waals surface area contributed by atoms with Crippen LogP contribution in [0.2, 0.25) is 0 Å². The van der Waals surface area contributed by atoms with Crippen molar-refractivity contribution in [3.8, 4) is 5.75 Å². The summed E-state index contributed by atoms with van der Waals surface area (Å²) < 4.78 is 5.91. The lowest BCUT2D eigenvalue weighted by Gasteiger charge is -2.27. The molecular formula is C22H21NO2. The molecule has 1 aliphatic heterocycles. The van der Waals surface area contributed by atoms with E-state index in [-0.39, 0.29) is 11.9 Å². The summed E-state index contributed by atoms with van der Waals surface area (Å²) in [7, 11) is 0. The minimum absolute atomic E-state index is 0.0464.